The number of carbonyl (C=O) groups excluding carboxylic acids is 1. The molecule has 0 saturated carbocycles. The molecule has 23 heavy (non-hydrogen) atoms. The number of H-pyrrole nitrogens is 1. The molecule has 1 aromatic carbocycles. The van der Waals surface area contributed by atoms with Crippen molar-refractivity contribution in [1.29, 1.82) is 0 Å². The van der Waals surface area contributed by atoms with Gasteiger partial charge in [-0.1, -0.05) is 6.92 Å². The number of aryl methyl sites for hydroxylation is 1. The Morgan fingerprint density at radius 2 is 2.09 bits per heavy atom. The molecule has 1 aromatic heterocycles. The van der Waals surface area contributed by atoms with Crippen LogP contribution in [0, 0.1) is 5.82 Å². The van der Waals surface area contributed by atoms with Gasteiger partial charge in [0.2, 0.25) is 0 Å². The van der Waals surface area contributed by atoms with Crippen LogP contribution < -0.4 is 5.32 Å². The molecule has 0 unspecified atom stereocenters. The lowest BCUT2D eigenvalue weighted by Gasteiger charge is -2.11. The van der Waals surface area contributed by atoms with Crippen molar-refractivity contribution in [3.05, 3.63) is 52.1 Å². The summed E-state index contributed by atoms with van der Waals surface area (Å²) >= 11 is 0. The molecule has 0 bridgehead atoms. The number of hydrogen-bond acceptors (Lipinski definition) is 1. The monoisotopic (exact) mass is 310 g/mol. The van der Waals surface area contributed by atoms with Gasteiger partial charge in [-0.3, -0.25) is 4.79 Å². The number of halogens is 1. The van der Waals surface area contributed by atoms with E-state index in [-0.39, 0.29) is 11.7 Å². The van der Waals surface area contributed by atoms with E-state index < -0.39 is 0 Å². The van der Waals surface area contributed by atoms with E-state index in [0.717, 1.165) is 30.5 Å². The van der Waals surface area contributed by atoms with Crippen molar-refractivity contribution in [1.82, 2.24) is 4.98 Å². The maximum Gasteiger partial charge on any atom is 0.256 e. The fourth-order valence-corrected chi connectivity index (χ4v) is 3.76. The second kappa shape index (κ2) is 5.37. The Morgan fingerprint density at radius 3 is 2.91 bits per heavy atom. The number of benzene rings is 1. The van der Waals surface area contributed by atoms with E-state index in [1.807, 2.05) is 6.08 Å². The predicted molar refractivity (Wildman–Crippen MR) is 89.7 cm³/mol. The molecule has 1 aliphatic heterocycles. The summed E-state index contributed by atoms with van der Waals surface area (Å²) in [4.78, 5) is 15.8. The van der Waals surface area contributed by atoms with E-state index in [1.165, 1.54) is 41.8 Å². The summed E-state index contributed by atoms with van der Waals surface area (Å²) in [7, 11) is 0. The molecule has 2 heterocycles. The highest BCUT2D eigenvalue weighted by Gasteiger charge is 2.26. The number of anilines is 1. The molecule has 0 atom stereocenters. The third-order valence-corrected chi connectivity index (χ3v) is 4.85. The van der Waals surface area contributed by atoms with Crippen molar-refractivity contribution >= 4 is 23.2 Å². The molecular formula is C19H19FN2O. The van der Waals surface area contributed by atoms with Gasteiger partial charge in [0, 0.05) is 17.0 Å². The molecular weight excluding hydrogens is 291 g/mol. The van der Waals surface area contributed by atoms with Crippen molar-refractivity contribution in [2.75, 3.05) is 5.32 Å². The number of aromatic amines is 1. The zero-order chi connectivity index (χ0) is 16.0. The molecule has 0 fully saturated rings. The molecule has 1 aliphatic carbocycles. The number of rotatable bonds is 2. The average molecular weight is 310 g/mol. The predicted octanol–water partition coefficient (Wildman–Crippen LogP) is 4.09. The smallest absolute Gasteiger partial charge is 0.256 e. The highest BCUT2D eigenvalue weighted by Crippen LogP contribution is 2.35. The van der Waals surface area contributed by atoms with E-state index in [1.54, 1.807) is 6.07 Å². The quantitative estimate of drug-likeness (QED) is 0.806. The third-order valence-electron chi connectivity index (χ3n) is 4.85. The first-order valence-corrected chi connectivity index (χ1v) is 8.23. The van der Waals surface area contributed by atoms with Crippen LogP contribution in [0.25, 0.3) is 11.6 Å². The van der Waals surface area contributed by atoms with E-state index in [0.29, 0.717) is 11.3 Å². The highest BCUT2D eigenvalue weighted by atomic mass is 19.1. The number of fused-ring (bicyclic) bond motifs is 2. The van der Waals surface area contributed by atoms with Gasteiger partial charge < -0.3 is 10.3 Å². The van der Waals surface area contributed by atoms with E-state index >= 15 is 0 Å². The van der Waals surface area contributed by atoms with Gasteiger partial charge >= 0.3 is 0 Å². The average Bonchev–Trinajstić information content (AvgIpc) is 3.04. The Labute approximate surface area is 134 Å². The van der Waals surface area contributed by atoms with Gasteiger partial charge in [-0.05, 0) is 67.5 Å². The van der Waals surface area contributed by atoms with E-state index in [9.17, 15) is 9.18 Å². The lowest BCUT2D eigenvalue weighted by Crippen LogP contribution is -2.04. The maximum absolute atomic E-state index is 13.3. The number of hydrogen-bond donors (Lipinski definition) is 2. The number of aromatic nitrogens is 1. The molecule has 118 valence electrons. The second-order valence-corrected chi connectivity index (χ2v) is 6.24. The Balaban J connectivity index is 1.83. The van der Waals surface area contributed by atoms with Gasteiger partial charge in [0.05, 0.1) is 11.3 Å². The second-order valence-electron chi connectivity index (χ2n) is 6.24. The molecule has 4 rings (SSSR count). The first kappa shape index (κ1) is 14.2. The fourth-order valence-electron chi connectivity index (χ4n) is 3.76. The highest BCUT2D eigenvalue weighted by molar-refractivity contribution is 6.34. The van der Waals surface area contributed by atoms with Crippen molar-refractivity contribution in [2.24, 2.45) is 0 Å². The van der Waals surface area contributed by atoms with Gasteiger partial charge in [0.1, 0.15) is 5.82 Å². The van der Waals surface area contributed by atoms with E-state index in [4.69, 9.17) is 0 Å². The Hall–Kier alpha value is -2.36. The summed E-state index contributed by atoms with van der Waals surface area (Å²) in [5.74, 6) is -0.505. The molecule has 2 aromatic rings. The van der Waals surface area contributed by atoms with Crippen molar-refractivity contribution in [2.45, 2.75) is 39.0 Å². The summed E-state index contributed by atoms with van der Waals surface area (Å²) in [6.45, 7) is 2.15. The zero-order valence-corrected chi connectivity index (χ0v) is 13.1. The minimum atomic E-state index is -0.338. The number of amides is 1. The SMILES string of the molecule is CCc1c(C=C2C(=O)Nc3cc(F)ccc32)[nH]c2c1CCCC2. The minimum Gasteiger partial charge on any atom is -0.358 e. The van der Waals surface area contributed by atoms with Crippen LogP contribution in [0.15, 0.2) is 18.2 Å². The lowest BCUT2D eigenvalue weighted by molar-refractivity contribution is -0.110. The molecule has 0 spiro atoms. The van der Waals surface area contributed by atoms with Crippen LogP contribution in [0.3, 0.4) is 0 Å². The molecule has 0 saturated heterocycles. The van der Waals surface area contributed by atoms with Gasteiger partial charge in [0.15, 0.2) is 0 Å². The normalized spacial score (nSPS) is 18.0. The summed E-state index contributed by atoms with van der Waals surface area (Å²) in [6, 6.07) is 4.44. The first-order chi connectivity index (χ1) is 11.2. The molecule has 2 N–H and O–H groups in total. The van der Waals surface area contributed by atoms with E-state index in [2.05, 4.69) is 17.2 Å². The van der Waals surface area contributed by atoms with Crippen LogP contribution in [0.5, 0.6) is 0 Å². The Morgan fingerprint density at radius 1 is 1.26 bits per heavy atom. The lowest BCUT2D eigenvalue weighted by atomic mass is 9.93. The van der Waals surface area contributed by atoms with Crippen molar-refractivity contribution in [3.63, 3.8) is 0 Å². The Bertz CT molecular complexity index is 832. The Kier molecular flexibility index (Phi) is 3.33. The third kappa shape index (κ3) is 2.29. The molecule has 4 heteroatoms. The molecule has 3 nitrogen and oxygen atoms in total. The molecule has 0 radical (unpaired) electrons. The summed E-state index contributed by atoms with van der Waals surface area (Å²) in [5, 5.41) is 2.75. The van der Waals surface area contributed by atoms with Crippen LogP contribution in [0.1, 0.15) is 47.8 Å². The standard InChI is InChI=1S/C19H19FN2O/c1-2-12-13-5-3-4-6-16(13)21-18(12)10-15-14-8-7-11(20)9-17(14)22-19(15)23/h7-10,21H,2-6H2,1H3,(H,22,23). The largest absolute Gasteiger partial charge is 0.358 e. The zero-order valence-electron chi connectivity index (χ0n) is 13.1. The van der Waals surface area contributed by atoms with Gasteiger partial charge in [-0.15, -0.1) is 0 Å². The van der Waals surface area contributed by atoms with Gasteiger partial charge in [0.25, 0.3) is 5.91 Å². The topological polar surface area (TPSA) is 44.9 Å². The van der Waals surface area contributed by atoms with Crippen LogP contribution in [0.4, 0.5) is 10.1 Å². The number of nitrogens with one attached hydrogen (secondary N) is 2. The van der Waals surface area contributed by atoms with Crippen molar-refractivity contribution < 1.29 is 9.18 Å². The first-order valence-electron chi connectivity index (χ1n) is 8.23. The summed E-state index contributed by atoms with van der Waals surface area (Å²) in [5.41, 5.74) is 7.02. The van der Waals surface area contributed by atoms with Crippen LogP contribution in [0.2, 0.25) is 0 Å². The number of carbonyl (C=O) groups is 1. The molecule has 1 amide bonds. The van der Waals surface area contributed by atoms with Crippen LogP contribution in [-0.2, 0) is 24.1 Å². The molecule has 2 aliphatic rings. The van der Waals surface area contributed by atoms with Gasteiger partial charge in [-0.25, -0.2) is 4.39 Å². The summed E-state index contributed by atoms with van der Waals surface area (Å²) in [6.07, 6.45) is 7.52. The van der Waals surface area contributed by atoms with Gasteiger partial charge in [-0.2, -0.15) is 0 Å². The van der Waals surface area contributed by atoms with Crippen LogP contribution >= 0.6 is 0 Å². The van der Waals surface area contributed by atoms with Crippen molar-refractivity contribution in [3.8, 4) is 0 Å². The summed E-state index contributed by atoms with van der Waals surface area (Å²) < 4.78 is 13.3. The maximum atomic E-state index is 13.3. The minimum absolute atomic E-state index is 0.166. The van der Waals surface area contributed by atoms with Crippen LogP contribution in [-0.4, -0.2) is 10.9 Å². The fraction of sp³-hybridized carbons (Fsp3) is 0.316.